The minimum absolute atomic E-state index is 0.125. The zero-order chi connectivity index (χ0) is 11.3. The van der Waals surface area contributed by atoms with E-state index in [0.29, 0.717) is 12.6 Å². The van der Waals surface area contributed by atoms with E-state index in [-0.39, 0.29) is 11.6 Å². The first-order valence-electron chi connectivity index (χ1n) is 5.81. The van der Waals surface area contributed by atoms with Crippen LogP contribution < -0.4 is 11.1 Å². The summed E-state index contributed by atoms with van der Waals surface area (Å²) in [5, 5.41) is 12.9. The highest BCUT2D eigenvalue weighted by molar-refractivity contribution is 7.99. The van der Waals surface area contributed by atoms with Gasteiger partial charge in [0.15, 0.2) is 0 Å². The molecule has 0 aromatic heterocycles. The zero-order valence-corrected chi connectivity index (χ0v) is 10.6. The number of hydrogen-bond donors (Lipinski definition) is 3. The highest BCUT2D eigenvalue weighted by Crippen LogP contribution is 2.27. The molecular formula is C11H24N2OS. The molecule has 2 atom stereocenters. The maximum absolute atomic E-state index is 9.33. The molecule has 0 radical (unpaired) electrons. The van der Waals surface area contributed by atoms with Crippen LogP contribution in [0.3, 0.4) is 0 Å². The number of hydrogen-bond acceptors (Lipinski definition) is 4. The summed E-state index contributed by atoms with van der Waals surface area (Å²) in [6.07, 6.45) is 2.87. The van der Waals surface area contributed by atoms with Crippen LogP contribution in [-0.4, -0.2) is 40.8 Å². The predicted molar refractivity (Wildman–Crippen MR) is 67.2 cm³/mol. The fourth-order valence-electron chi connectivity index (χ4n) is 2.26. The molecule has 4 N–H and O–H groups in total. The van der Waals surface area contributed by atoms with Crippen LogP contribution in [0.25, 0.3) is 0 Å². The van der Waals surface area contributed by atoms with Crippen molar-refractivity contribution in [3.05, 3.63) is 0 Å². The Hall–Kier alpha value is 0.230. The van der Waals surface area contributed by atoms with Gasteiger partial charge in [-0.3, -0.25) is 0 Å². The summed E-state index contributed by atoms with van der Waals surface area (Å²) in [6, 6.07) is 0.344. The largest absolute Gasteiger partial charge is 0.393 e. The van der Waals surface area contributed by atoms with Crippen molar-refractivity contribution in [2.75, 3.05) is 18.1 Å². The second-order valence-electron chi connectivity index (χ2n) is 4.73. The van der Waals surface area contributed by atoms with Gasteiger partial charge in [-0.1, -0.05) is 0 Å². The normalized spacial score (nSPS) is 24.8. The van der Waals surface area contributed by atoms with E-state index in [9.17, 15) is 5.11 Å². The maximum atomic E-state index is 9.33. The molecule has 0 bridgehead atoms. The fraction of sp³-hybridized carbons (Fsp3) is 1.00. The first-order chi connectivity index (χ1) is 7.08. The van der Waals surface area contributed by atoms with E-state index in [1.807, 2.05) is 18.7 Å². The van der Waals surface area contributed by atoms with Gasteiger partial charge in [0.1, 0.15) is 0 Å². The topological polar surface area (TPSA) is 58.3 Å². The number of thioether (sulfide) groups is 1. The first-order valence-corrected chi connectivity index (χ1v) is 6.97. The van der Waals surface area contributed by atoms with Gasteiger partial charge in [0.05, 0.1) is 6.10 Å². The van der Waals surface area contributed by atoms with Gasteiger partial charge in [-0.15, -0.1) is 0 Å². The minimum Gasteiger partial charge on any atom is -0.393 e. The van der Waals surface area contributed by atoms with Crippen LogP contribution in [0.2, 0.25) is 0 Å². The molecule has 3 nitrogen and oxygen atoms in total. The summed E-state index contributed by atoms with van der Waals surface area (Å²) >= 11 is 2.01. The number of aliphatic hydroxyl groups excluding tert-OH is 1. The van der Waals surface area contributed by atoms with Gasteiger partial charge < -0.3 is 16.2 Å². The number of nitrogens with one attached hydrogen (secondary N) is 1. The molecule has 0 saturated carbocycles. The molecule has 1 saturated heterocycles. The lowest BCUT2D eigenvalue weighted by Crippen LogP contribution is -2.56. The fourth-order valence-corrected chi connectivity index (χ4v) is 3.54. The van der Waals surface area contributed by atoms with Crippen LogP contribution in [0, 0.1) is 0 Å². The Bertz CT molecular complexity index is 181. The van der Waals surface area contributed by atoms with Gasteiger partial charge in [0, 0.05) is 18.1 Å². The van der Waals surface area contributed by atoms with Gasteiger partial charge >= 0.3 is 0 Å². The molecule has 90 valence electrons. The van der Waals surface area contributed by atoms with Crippen molar-refractivity contribution < 1.29 is 5.11 Å². The average Bonchev–Trinajstić information content (AvgIpc) is 2.17. The summed E-state index contributed by atoms with van der Waals surface area (Å²) in [5.74, 6) is 2.40. The summed E-state index contributed by atoms with van der Waals surface area (Å²) in [5.41, 5.74) is 6.01. The summed E-state index contributed by atoms with van der Waals surface area (Å²) in [6.45, 7) is 4.67. The van der Waals surface area contributed by atoms with E-state index in [1.165, 1.54) is 11.5 Å². The third kappa shape index (κ3) is 4.31. The van der Waals surface area contributed by atoms with Crippen LogP contribution >= 0.6 is 11.8 Å². The number of nitrogens with two attached hydrogens (primary N) is 1. The first kappa shape index (κ1) is 13.3. The third-order valence-electron chi connectivity index (χ3n) is 3.09. The molecule has 1 heterocycles. The van der Waals surface area contributed by atoms with Crippen molar-refractivity contribution >= 4 is 11.8 Å². The Morgan fingerprint density at radius 2 is 2.00 bits per heavy atom. The van der Waals surface area contributed by atoms with Crippen molar-refractivity contribution in [1.82, 2.24) is 5.32 Å². The van der Waals surface area contributed by atoms with E-state index in [0.717, 1.165) is 19.3 Å². The highest BCUT2D eigenvalue weighted by Gasteiger charge is 2.31. The van der Waals surface area contributed by atoms with E-state index in [1.54, 1.807) is 0 Å². The number of rotatable bonds is 5. The summed E-state index contributed by atoms with van der Waals surface area (Å²) in [4.78, 5) is 0. The molecule has 0 aromatic rings. The Labute approximate surface area is 97.2 Å². The summed E-state index contributed by atoms with van der Waals surface area (Å²) < 4.78 is 0. The van der Waals surface area contributed by atoms with Crippen molar-refractivity contribution in [3.8, 4) is 0 Å². The number of aliphatic hydroxyl groups is 1. The minimum atomic E-state index is -0.236. The average molecular weight is 232 g/mol. The standard InChI is InChI=1S/C11H24N2OS/c1-9(7-10(2)14)13-11(8-12)3-5-15-6-4-11/h9-10,13-14H,3-8,12H2,1-2H3. The zero-order valence-electron chi connectivity index (χ0n) is 9.83. The Balaban J connectivity index is 2.43. The third-order valence-corrected chi connectivity index (χ3v) is 4.07. The Morgan fingerprint density at radius 3 is 2.47 bits per heavy atom. The monoisotopic (exact) mass is 232 g/mol. The van der Waals surface area contributed by atoms with Crippen LogP contribution in [0.5, 0.6) is 0 Å². The lowest BCUT2D eigenvalue weighted by atomic mass is 9.90. The smallest absolute Gasteiger partial charge is 0.0526 e. The second kappa shape index (κ2) is 6.09. The van der Waals surface area contributed by atoms with Crippen molar-refractivity contribution in [2.45, 2.75) is 50.8 Å². The van der Waals surface area contributed by atoms with E-state index >= 15 is 0 Å². The maximum Gasteiger partial charge on any atom is 0.0526 e. The second-order valence-corrected chi connectivity index (χ2v) is 5.95. The molecule has 0 aliphatic carbocycles. The van der Waals surface area contributed by atoms with E-state index < -0.39 is 0 Å². The van der Waals surface area contributed by atoms with Crippen molar-refractivity contribution in [1.29, 1.82) is 0 Å². The van der Waals surface area contributed by atoms with Crippen LogP contribution in [0.4, 0.5) is 0 Å². The highest BCUT2D eigenvalue weighted by atomic mass is 32.2. The van der Waals surface area contributed by atoms with E-state index in [4.69, 9.17) is 5.73 Å². The summed E-state index contributed by atoms with van der Waals surface area (Å²) in [7, 11) is 0. The van der Waals surface area contributed by atoms with E-state index in [2.05, 4.69) is 12.2 Å². The molecule has 1 aliphatic rings. The molecule has 1 rings (SSSR count). The van der Waals surface area contributed by atoms with Crippen LogP contribution in [0.15, 0.2) is 0 Å². The van der Waals surface area contributed by atoms with Crippen LogP contribution in [0.1, 0.15) is 33.1 Å². The molecule has 1 aliphatic heterocycles. The molecular weight excluding hydrogens is 208 g/mol. The molecule has 15 heavy (non-hydrogen) atoms. The Kier molecular flexibility index (Phi) is 5.39. The molecule has 0 spiro atoms. The lowest BCUT2D eigenvalue weighted by Gasteiger charge is -2.39. The SMILES string of the molecule is CC(O)CC(C)NC1(CN)CCSCC1. The van der Waals surface area contributed by atoms with Gasteiger partial charge in [-0.05, 0) is 44.6 Å². The molecule has 2 unspecified atom stereocenters. The molecule has 0 aromatic carbocycles. The molecule has 4 heteroatoms. The van der Waals surface area contributed by atoms with Gasteiger partial charge in [0.2, 0.25) is 0 Å². The van der Waals surface area contributed by atoms with Crippen molar-refractivity contribution in [3.63, 3.8) is 0 Å². The quantitative estimate of drug-likeness (QED) is 0.661. The van der Waals surface area contributed by atoms with Gasteiger partial charge in [0.25, 0.3) is 0 Å². The Morgan fingerprint density at radius 1 is 1.40 bits per heavy atom. The van der Waals surface area contributed by atoms with Gasteiger partial charge in [-0.25, -0.2) is 0 Å². The molecule has 1 fully saturated rings. The molecule has 0 amide bonds. The predicted octanol–water partition coefficient (Wildman–Crippen LogP) is 0.960. The van der Waals surface area contributed by atoms with Crippen LogP contribution in [-0.2, 0) is 0 Å². The van der Waals surface area contributed by atoms with Crippen molar-refractivity contribution in [2.24, 2.45) is 5.73 Å². The lowest BCUT2D eigenvalue weighted by molar-refractivity contribution is 0.156. The van der Waals surface area contributed by atoms with Gasteiger partial charge in [-0.2, -0.15) is 11.8 Å².